The van der Waals surface area contributed by atoms with Crippen molar-refractivity contribution in [3.8, 4) is 0 Å². The van der Waals surface area contributed by atoms with Crippen LogP contribution in [0.25, 0.3) is 0 Å². The summed E-state index contributed by atoms with van der Waals surface area (Å²) in [6.07, 6.45) is 1.09. The van der Waals surface area contributed by atoms with Crippen molar-refractivity contribution in [2.75, 3.05) is 44.3 Å². The van der Waals surface area contributed by atoms with Crippen LogP contribution in [-0.4, -0.2) is 44.4 Å². The van der Waals surface area contributed by atoms with Gasteiger partial charge in [-0.15, -0.1) is 24.8 Å². The van der Waals surface area contributed by atoms with E-state index in [2.05, 4.69) is 29.3 Å². The number of fused-ring (bicyclic) bond motifs is 1. The third kappa shape index (κ3) is 3.76. The molecular formula is C14H23Cl2N3O. The molecule has 2 aliphatic heterocycles. The number of pyridine rings is 1. The summed E-state index contributed by atoms with van der Waals surface area (Å²) in [4.78, 5) is 7.24. The molecule has 0 spiro atoms. The summed E-state index contributed by atoms with van der Waals surface area (Å²) < 4.78 is 5.40. The highest BCUT2D eigenvalue weighted by Crippen LogP contribution is 2.24. The Hall–Kier alpha value is -0.550. The second-order valence-corrected chi connectivity index (χ2v) is 5.17. The first kappa shape index (κ1) is 17.5. The van der Waals surface area contributed by atoms with Crippen LogP contribution in [-0.2, 0) is 11.2 Å². The lowest BCUT2D eigenvalue weighted by Gasteiger charge is -2.28. The quantitative estimate of drug-likeness (QED) is 0.859. The normalized spacial score (nSPS) is 22.1. The van der Waals surface area contributed by atoms with Gasteiger partial charge in [-0.2, -0.15) is 0 Å². The Morgan fingerprint density at radius 1 is 1.25 bits per heavy atom. The molecule has 0 radical (unpaired) electrons. The van der Waals surface area contributed by atoms with Gasteiger partial charge in [-0.25, -0.2) is 4.98 Å². The van der Waals surface area contributed by atoms with Gasteiger partial charge in [-0.3, -0.25) is 0 Å². The summed E-state index contributed by atoms with van der Waals surface area (Å²) in [7, 11) is 0. The molecule has 1 aromatic rings. The van der Waals surface area contributed by atoms with E-state index in [1.165, 1.54) is 11.3 Å². The molecule has 3 heterocycles. The second-order valence-electron chi connectivity index (χ2n) is 5.17. The number of nitrogens with zero attached hydrogens (tertiary/aromatic N) is 2. The molecule has 0 amide bonds. The van der Waals surface area contributed by atoms with Crippen molar-refractivity contribution in [3.63, 3.8) is 0 Å². The fraction of sp³-hybridized carbons (Fsp3) is 0.643. The number of aromatic nitrogens is 1. The van der Waals surface area contributed by atoms with E-state index in [-0.39, 0.29) is 24.8 Å². The average Bonchev–Trinajstić information content (AvgIpc) is 2.62. The molecular weight excluding hydrogens is 297 g/mol. The molecule has 1 aromatic heterocycles. The first-order valence-corrected chi connectivity index (χ1v) is 6.88. The summed E-state index contributed by atoms with van der Waals surface area (Å²) >= 11 is 0. The largest absolute Gasteiger partial charge is 0.378 e. The fourth-order valence-electron chi connectivity index (χ4n) is 2.74. The molecule has 2 aliphatic rings. The van der Waals surface area contributed by atoms with Gasteiger partial charge in [0, 0.05) is 25.6 Å². The Kier molecular flexibility index (Phi) is 7.03. The summed E-state index contributed by atoms with van der Waals surface area (Å²) in [5, 5.41) is 3.47. The molecule has 3 rings (SSSR count). The Bertz CT molecular complexity index is 425. The van der Waals surface area contributed by atoms with E-state index < -0.39 is 0 Å². The first-order chi connectivity index (χ1) is 8.84. The van der Waals surface area contributed by atoms with Crippen LogP contribution in [0, 0.1) is 0 Å². The molecule has 0 bridgehead atoms. The Labute approximate surface area is 133 Å². The number of halogens is 2. The van der Waals surface area contributed by atoms with Crippen molar-refractivity contribution in [2.24, 2.45) is 0 Å². The molecule has 1 atom stereocenters. The molecule has 1 saturated heterocycles. The van der Waals surface area contributed by atoms with Crippen molar-refractivity contribution in [2.45, 2.75) is 19.3 Å². The monoisotopic (exact) mass is 319 g/mol. The highest BCUT2D eigenvalue weighted by atomic mass is 35.5. The van der Waals surface area contributed by atoms with E-state index in [9.17, 15) is 0 Å². The zero-order chi connectivity index (χ0) is 12.4. The molecule has 0 saturated carbocycles. The molecule has 0 aliphatic carbocycles. The van der Waals surface area contributed by atoms with Gasteiger partial charge in [0.1, 0.15) is 5.82 Å². The molecule has 1 N–H and O–H groups in total. The van der Waals surface area contributed by atoms with E-state index in [0.29, 0.717) is 5.92 Å². The number of hydrogen-bond acceptors (Lipinski definition) is 4. The highest BCUT2D eigenvalue weighted by molar-refractivity contribution is 5.85. The predicted molar refractivity (Wildman–Crippen MR) is 86.8 cm³/mol. The lowest BCUT2D eigenvalue weighted by molar-refractivity contribution is 0.122. The van der Waals surface area contributed by atoms with Gasteiger partial charge in [0.2, 0.25) is 0 Å². The minimum absolute atomic E-state index is 0. The van der Waals surface area contributed by atoms with Gasteiger partial charge in [0.25, 0.3) is 0 Å². The van der Waals surface area contributed by atoms with Gasteiger partial charge in [-0.05, 0) is 24.6 Å². The maximum absolute atomic E-state index is 5.40. The zero-order valence-electron chi connectivity index (χ0n) is 11.8. The van der Waals surface area contributed by atoms with E-state index in [1.807, 2.05) is 0 Å². The maximum Gasteiger partial charge on any atom is 0.128 e. The van der Waals surface area contributed by atoms with E-state index in [4.69, 9.17) is 9.72 Å². The average molecular weight is 320 g/mol. The zero-order valence-corrected chi connectivity index (χ0v) is 13.4. The molecule has 1 unspecified atom stereocenters. The minimum atomic E-state index is 0. The molecule has 0 aromatic carbocycles. The van der Waals surface area contributed by atoms with Gasteiger partial charge >= 0.3 is 0 Å². The van der Waals surface area contributed by atoms with Crippen molar-refractivity contribution in [1.29, 1.82) is 0 Å². The Morgan fingerprint density at radius 3 is 2.75 bits per heavy atom. The Balaban J connectivity index is 0.000001000. The summed E-state index contributed by atoms with van der Waals surface area (Å²) in [5.74, 6) is 1.62. The van der Waals surface area contributed by atoms with Crippen molar-refractivity contribution >= 4 is 30.6 Å². The third-order valence-corrected chi connectivity index (χ3v) is 3.82. The number of morpholine rings is 1. The lowest BCUT2D eigenvalue weighted by atomic mass is 10.0. The van der Waals surface area contributed by atoms with E-state index >= 15 is 0 Å². The second kappa shape index (κ2) is 8.03. The third-order valence-electron chi connectivity index (χ3n) is 3.82. The van der Waals surface area contributed by atoms with Crippen LogP contribution >= 0.6 is 24.8 Å². The minimum Gasteiger partial charge on any atom is -0.378 e. The van der Waals surface area contributed by atoms with Gasteiger partial charge in [0.15, 0.2) is 0 Å². The van der Waals surface area contributed by atoms with Gasteiger partial charge < -0.3 is 15.0 Å². The van der Waals surface area contributed by atoms with Crippen LogP contribution in [0.4, 0.5) is 5.82 Å². The van der Waals surface area contributed by atoms with Gasteiger partial charge in [-0.1, -0.05) is 13.0 Å². The van der Waals surface area contributed by atoms with Crippen molar-refractivity contribution in [1.82, 2.24) is 10.3 Å². The van der Waals surface area contributed by atoms with Crippen LogP contribution in [0.1, 0.15) is 24.1 Å². The van der Waals surface area contributed by atoms with Crippen LogP contribution < -0.4 is 10.2 Å². The SMILES string of the molecule is CC1CNCCc2ccc(N3CCOCC3)nc21.Cl.Cl. The summed E-state index contributed by atoms with van der Waals surface area (Å²) in [6, 6.07) is 4.43. The molecule has 114 valence electrons. The number of ether oxygens (including phenoxy) is 1. The Morgan fingerprint density at radius 2 is 2.00 bits per heavy atom. The maximum atomic E-state index is 5.40. The smallest absolute Gasteiger partial charge is 0.128 e. The predicted octanol–water partition coefficient (Wildman–Crippen LogP) is 2.01. The molecule has 6 heteroatoms. The standard InChI is InChI=1S/C14H21N3O.2ClH/c1-11-10-15-5-4-12-2-3-13(16-14(11)12)17-6-8-18-9-7-17;;/h2-3,11,15H,4-10H2,1H3;2*1H. The first-order valence-electron chi connectivity index (χ1n) is 6.88. The molecule has 1 fully saturated rings. The van der Waals surface area contributed by atoms with E-state index in [1.54, 1.807) is 0 Å². The van der Waals surface area contributed by atoms with Gasteiger partial charge in [0.05, 0.1) is 18.9 Å². The number of hydrogen-bond donors (Lipinski definition) is 1. The van der Waals surface area contributed by atoms with Crippen LogP contribution in [0.5, 0.6) is 0 Å². The fourth-order valence-corrected chi connectivity index (χ4v) is 2.74. The molecule has 4 nitrogen and oxygen atoms in total. The van der Waals surface area contributed by atoms with Crippen LogP contribution in [0.3, 0.4) is 0 Å². The van der Waals surface area contributed by atoms with Crippen LogP contribution in [0.2, 0.25) is 0 Å². The number of rotatable bonds is 1. The van der Waals surface area contributed by atoms with E-state index in [0.717, 1.165) is 51.6 Å². The number of anilines is 1. The van der Waals surface area contributed by atoms with Crippen molar-refractivity contribution in [3.05, 3.63) is 23.4 Å². The number of nitrogens with one attached hydrogen (secondary N) is 1. The van der Waals surface area contributed by atoms with Crippen LogP contribution in [0.15, 0.2) is 12.1 Å². The topological polar surface area (TPSA) is 37.4 Å². The summed E-state index contributed by atoms with van der Waals surface area (Å²) in [5.41, 5.74) is 2.69. The summed E-state index contributed by atoms with van der Waals surface area (Å²) in [6.45, 7) is 7.90. The van der Waals surface area contributed by atoms with Crippen molar-refractivity contribution < 1.29 is 4.74 Å². The highest BCUT2D eigenvalue weighted by Gasteiger charge is 2.19. The lowest BCUT2D eigenvalue weighted by Crippen LogP contribution is -2.37. The molecule has 20 heavy (non-hydrogen) atoms.